The minimum absolute atomic E-state index is 0.530. The molecule has 2 aromatic carbocycles. The Morgan fingerprint density at radius 3 is 2.35 bits per heavy atom. The van der Waals surface area contributed by atoms with Crippen LogP contribution in [0.3, 0.4) is 0 Å². The van der Waals surface area contributed by atoms with Crippen LogP contribution in [0.15, 0.2) is 54.6 Å². The summed E-state index contributed by atoms with van der Waals surface area (Å²) in [6.45, 7) is 4.39. The van der Waals surface area contributed by atoms with Gasteiger partial charge in [-0.05, 0) is 29.2 Å². The highest BCUT2D eigenvalue weighted by Crippen LogP contribution is 2.38. The number of hydrogen-bond donors (Lipinski definition) is 0. The van der Waals surface area contributed by atoms with Gasteiger partial charge in [-0.1, -0.05) is 67.1 Å². The zero-order chi connectivity index (χ0) is 11.8. The average molecular weight is 220 g/mol. The molecule has 0 saturated heterocycles. The van der Waals surface area contributed by atoms with Gasteiger partial charge in [0.05, 0.1) is 0 Å². The van der Waals surface area contributed by atoms with Crippen molar-refractivity contribution in [2.24, 2.45) is 0 Å². The van der Waals surface area contributed by atoms with Crippen LogP contribution in [0.25, 0.3) is 5.57 Å². The number of allylic oxidation sites excluding steroid dienone is 1. The lowest BCUT2D eigenvalue weighted by Gasteiger charge is -2.06. The summed E-state index contributed by atoms with van der Waals surface area (Å²) in [5, 5.41) is 0. The first kappa shape index (κ1) is 10.3. The molecule has 0 heteroatoms. The lowest BCUT2D eigenvalue weighted by molar-refractivity contribution is 0.990. The average Bonchev–Trinajstić information content (AvgIpc) is 2.69. The van der Waals surface area contributed by atoms with Crippen LogP contribution in [-0.2, 0) is 0 Å². The third-order valence-electron chi connectivity index (χ3n) is 3.52. The van der Waals surface area contributed by atoms with Gasteiger partial charge in [0, 0.05) is 5.92 Å². The first-order valence-corrected chi connectivity index (χ1v) is 6.14. The van der Waals surface area contributed by atoms with E-state index >= 15 is 0 Å². The smallest absolute Gasteiger partial charge is 0.000514 e. The van der Waals surface area contributed by atoms with Gasteiger partial charge in [0.2, 0.25) is 0 Å². The summed E-state index contributed by atoms with van der Waals surface area (Å²) in [7, 11) is 0. The van der Waals surface area contributed by atoms with Crippen molar-refractivity contribution >= 4 is 5.57 Å². The molecule has 1 aliphatic rings. The first-order chi connectivity index (χ1) is 8.25. The quantitative estimate of drug-likeness (QED) is 0.661. The third kappa shape index (κ3) is 1.70. The summed E-state index contributed by atoms with van der Waals surface area (Å²) >= 11 is 0. The molecule has 2 aromatic rings. The fourth-order valence-electron chi connectivity index (χ4n) is 2.55. The van der Waals surface area contributed by atoms with Crippen molar-refractivity contribution in [1.82, 2.24) is 0 Å². The molecular formula is C17H16. The van der Waals surface area contributed by atoms with Gasteiger partial charge in [0.15, 0.2) is 0 Å². The van der Waals surface area contributed by atoms with Crippen LogP contribution in [0, 0.1) is 6.92 Å². The molecule has 0 N–H and O–H groups in total. The Labute approximate surface area is 103 Å². The van der Waals surface area contributed by atoms with Crippen molar-refractivity contribution < 1.29 is 0 Å². The molecule has 0 nitrogen and oxygen atoms in total. The van der Waals surface area contributed by atoms with Gasteiger partial charge in [0.25, 0.3) is 0 Å². The van der Waals surface area contributed by atoms with Crippen molar-refractivity contribution in [3.63, 3.8) is 0 Å². The van der Waals surface area contributed by atoms with E-state index in [4.69, 9.17) is 0 Å². The van der Waals surface area contributed by atoms with Crippen LogP contribution >= 0.6 is 0 Å². The van der Waals surface area contributed by atoms with E-state index in [2.05, 4.69) is 68.5 Å². The maximum absolute atomic E-state index is 2.37. The molecule has 17 heavy (non-hydrogen) atoms. The SMILES string of the molecule is Cc1ccc(C2=CC(C)c3ccccc32)cc1. The van der Waals surface area contributed by atoms with E-state index in [1.54, 1.807) is 0 Å². The fourth-order valence-corrected chi connectivity index (χ4v) is 2.55. The van der Waals surface area contributed by atoms with E-state index < -0.39 is 0 Å². The van der Waals surface area contributed by atoms with E-state index in [0.717, 1.165) is 0 Å². The lowest BCUT2D eigenvalue weighted by Crippen LogP contribution is -1.87. The van der Waals surface area contributed by atoms with Crippen LogP contribution < -0.4 is 0 Å². The molecular weight excluding hydrogens is 204 g/mol. The maximum Gasteiger partial charge on any atom is 0.000514 e. The van der Waals surface area contributed by atoms with E-state index in [0.29, 0.717) is 5.92 Å². The molecule has 1 atom stereocenters. The Balaban J connectivity index is 2.11. The van der Waals surface area contributed by atoms with Gasteiger partial charge in [-0.15, -0.1) is 0 Å². The molecule has 1 unspecified atom stereocenters. The second kappa shape index (κ2) is 3.89. The predicted molar refractivity (Wildman–Crippen MR) is 73.1 cm³/mol. The number of benzene rings is 2. The Morgan fingerprint density at radius 2 is 1.59 bits per heavy atom. The summed E-state index contributed by atoms with van der Waals surface area (Å²) in [6.07, 6.45) is 2.37. The maximum atomic E-state index is 2.37. The molecule has 3 rings (SSSR count). The van der Waals surface area contributed by atoms with Gasteiger partial charge in [0.1, 0.15) is 0 Å². The molecule has 1 aliphatic carbocycles. The fraction of sp³-hybridized carbons (Fsp3) is 0.176. The normalized spacial score (nSPS) is 17.8. The number of hydrogen-bond acceptors (Lipinski definition) is 0. The van der Waals surface area contributed by atoms with Crippen molar-refractivity contribution in [3.05, 3.63) is 76.9 Å². The van der Waals surface area contributed by atoms with Crippen LogP contribution in [-0.4, -0.2) is 0 Å². The van der Waals surface area contributed by atoms with Crippen molar-refractivity contribution in [3.8, 4) is 0 Å². The highest BCUT2D eigenvalue weighted by atomic mass is 14.2. The molecule has 84 valence electrons. The molecule has 0 spiro atoms. The van der Waals surface area contributed by atoms with Gasteiger partial charge in [-0.2, -0.15) is 0 Å². The van der Waals surface area contributed by atoms with E-state index in [1.807, 2.05) is 0 Å². The van der Waals surface area contributed by atoms with Gasteiger partial charge < -0.3 is 0 Å². The van der Waals surface area contributed by atoms with Crippen LogP contribution in [0.2, 0.25) is 0 Å². The van der Waals surface area contributed by atoms with E-state index in [9.17, 15) is 0 Å². The molecule has 0 aromatic heterocycles. The van der Waals surface area contributed by atoms with Crippen LogP contribution in [0.5, 0.6) is 0 Å². The lowest BCUT2D eigenvalue weighted by atomic mass is 9.98. The van der Waals surface area contributed by atoms with Crippen LogP contribution in [0.1, 0.15) is 35.1 Å². The molecule has 0 bridgehead atoms. The third-order valence-corrected chi connectivity index (χ3v) is 3.52. The first-order valence-electron chi connectivity index (χ1n) is 6.14. The predicted octanol–water partition coefficient (Wildman–Crippen LogP) is 4.54. The Bertz CT molecular complexity index is 573. The molecule has 0 radical (unpaired) electrons. The largest absolute Gasteiger partial charge is 0.0688 e. The van der Waals surface area contributed by atoms with Gasteiger partial charge in [-0.25, -0.2) is 0 Å². The Morgan fingerprint density at radius 1 is 0.882 bits per heavy atom. The number of fused-ring (bicyclic) bond motifs is 1. The zero-order valence-electron chi connectivity index (χ0n) is 10.3. The summed E-state index contributed by atoms with van der Waals surface area (Å²) in [6, 6.07) is 17.5. The van der Waals surface area contributed by atoms with E-state index in [1.165, 1.54) is 27.8 Å². The number of rotatable bonds is 1. The molecule has 0 aliphatic heterocycles. The van der Waals surface area contributed by atoms with Crippen LogP contribution in [0.4, 0.5) is 0 Å². The highest BCUT2D eigenvalue weighted by molar-refractivity contribution is 5.85. The molecule has 0 fully saturated rings. The summed E-state index contributed by atoms with van der Waals surface area (Å²) in [4.78, 5) is 0. The van der Waals surface area contributed by atoms with Crippen molar-refractivity contribution in [1.29, 1.82) is 0 Å². The van der Waals surface area contributed by atoms with Gasteiger partial charge in [-0.3, -0.25) is 0 Å². The van der Waals surface area contributed by atoms with E-state index in [-0.39, 0.29) is 0 Å². The summed E-state index contributed by atoms with van der Waals surface area (Å²) in [5.74, 6) is 0.530. The standard InChI is InChI=1S/C17H16/c1-12-7-9-14(10-8-12)17-11-13(2)15-5-3-4-6-16(15)17/h3-11,13H,1-2H3. The van der Waals surface area contributed by atoms with Gasteiger partial charge >= 0.3 is 0 Å². The minimum Gasteiger partial charge on any atom is -0.0688 e. The van der Waals surface area contributed by atoms with Crippen molar-refractivity contribution in [2.75, 3.05) is 0 Å². The second-order valence-corrected chi connectivity index (χ2v) is 4.82. The number of aryl methyl sites for hydroxylation is 1. The minimum atomic E-state index is 0.530. The Hall–Kier alpha value is -1.82. The highest BCUT2D eigenvalue weighted by Gasteiger charge is 2.19. The van der Waals surface area contributed by atoms with Crippen molar-refractivity contribution in [2.45, 2.75) is 19.8 Å². The zero-order valence-corrected chi connectivity index (χ0v) is 10.3. The topological polar surface area (TPSA) is 0 Å². The molecule has 0 heterocycles. The Kier molecular flexibility index (Phi) is 2.36. The monoisotopic (exact) mass is 220 g/mol. The summed E-state index contributed by atoms with van der Waals surface area (Å²) in [5.41, 5.74) is 6.86. The second-order valence-electron chi connectivity index (χ2n) is 4.82. The molecule has 0 amide bonds. The molecule has 0 saturated carbocycles. The summed E-state index contributed by atoms with van der Waals surface area (Å²) < 4.78 is 0.